The molecule has 1 saturated carbocycles. The highest BCUT2D eigenvalue weighted by Crippen LogP contribution is 2.24. The van der Waals surface area contributed by atoms with Gasteiger partial charge in [-0.25, -0.2) is 9.97 Å². The van der Waals surface area contributed by atoms with Crippen LogP contribution in [0.15, 0.2) is 6.07 Å². The zero-order valence-electron chi connectivity index (χ0n) is 9.99. The van der Waals surface area contributed by atoms with Crippen molar-refractivity contribution in [1.29, 1.82) is 0 Å². The Morgan fingerprint density at radius 2 is 2.29 bits per heavy atom. The van der Waals surface area contributed by atoms with E-state index in [0.29, 0.717) is 16.9 Å². The maximum absolute atomic E-state index is 9.59. The predicted octanol–water partition coefficient (Wildman–Crippen LogP) is 2.40. The lowest BCUT2D eigenvalue weighted by Gasteiger charge is -2.26. The van der Waals surface area contributed by atoms with Gasteiger partial charge in [-0.1, -0.05) is 18.0 Å². The fourth-order valence-corrected chi connectivity index (χ4v) is 2.54. The van der Waals surface area contributed by atoms with Crippen molar-refractivity contribution in [3.63, 3.8) is 0 Å². The average molecular weight is 256 g/mol. The second-order valence-corrected chi connectivity index (χ2v) is 5.08. The quantitative estimate of drug-likeness (QED) is 0.815. The molecule has 1 fully saturated rings. The molecule has 1 aliphatic rings. The molecule has 1 aromatic heterocycles. The summed E-state index contributed by atoms with van der Waals surface area (Å²) in [6.07, 6.45) is 3.96. The molecule has 17 heavy (non-hydrogen) atoms. The first kappa shape index (κ1) is 12.6. The van der Waals surface area contributed by atoms with Gasteiger partial charge in [0, 0.05) is 12.6 Å². The smallest absolute Gasteiger partial charge is 0.134 e. The maximum Gasteiger partial charge on any atom is 0.134 e. The van der Waals surface area contributed by atoms with Gasteiger partial charge in [0.1, 0.15) is 16.8 Å². The van der Waals surface area contributed by atoms with Crippen LogP contribution in [0, 0.1) is 12.8 Å². The number of hydrogen-bond acceptors (Lipinski definition) is 4. The molecule has 0 aromatic carbocycles. The van der Waals surface area contributed by atoms with Crippen LogP contribution >= 0.6 is 11.6 Å². The highest BCUT2D eigenvalue weighted by atomic mass is 35.5. The van der Waals surface area contributed by atoms with Crippen molar-refractivity contribution in [3.8, 4) is 0 Å². The zero-order chi connectivity index (χ0) is 12.3. The van der Waals surface area contributed by atoms with E-state index in [1.54, 1.807) is 6.07 Å². The highest BCUT2D eigenvalue weighted by molar-refractivity contribution is 6.29. The molecule has 0 amide bonds. The van der Waals surface area contributed by atoms with Gasteiger partial charge in [0.2, 0.25) is 0 Å². The first-order valence-corrected chi connectivity index (χ1v) is 6.44. The molecule has 2 atom stereocenters. The second-order valence-electron chi connectivity index (χ2n) is 4.69. The van der Waals surface area contributed by atoms with Crippen molar-refractivity contribution < 1.29 is 5.11 Å². The van der Waals surface area contributed by atoms with Crippen LogP contribution in [0.1, 0.15) is 31.5 Å². The summed E-state index contributed by atoms with van der Waals surface area (Å²) >= 11 is 5.86. The molecule has 0 saturated heterocycles. The van der Waals surface area contributed by atoms with Crippen LogP contribution in [0.2, 0.25) is 5.15 Å². The van der Waals surface area contributed by atoms with Crippen LogP contribution in [0.5, 0.6) is 0 Å². The molecule has 2 rings (SSSR count). The summed E-state index contributed by atoms with van der Waals surface area (Å²) in [5.74, 6) is 1.96. The fraction of sp³-hybridized carbons (Fsp3) is 0.667. The number of anilines is 1. The van der Waals surface area contributed by atoms with Crippen molar-refractivity contribution >= 4 is 17.4 Å². The van der Waals surface area contributed by atoms with E-state index < -0.39 is 0 Å². The summed E-state index contributed by atoms with van der Waals surface area (Å²) < 4.78 is 0. The Bertz CT molecular complexity index is 366. The van der Waals surface area contributed by atoms with Crippen molar-refractivity contribution in [2.45, 2.75) is 38.7 Å². The summed E-state index contributed by atoms with van der Waals surface area (Å²) in [5, 5.41) is 13.3. The van der Waals surface area contributed by atoms with E-state index in [2.05, 4.69) is 15.3 Å². The van der Waals surface area contributed by atoms with Crippen LogP contribution < -0.4 is 5.32 Å². The largest absolute Gasteiger partial charge is 0.393 e. The maximum atomic E-state index is 9.59. The Kier molecular flexibility index (Phi) is 4.18. The van der Waals surface area contributed by atoms with Crippen LogP contribution in [-0.4, -0.2) is 27.7 Å². The lowest BCUT2D eigenvalue weighted by molar-refractivity contribution is 0.104. The van der Waals surface area contributed by atoms with Gasteiger partial charge < -0.3 is 10.4 Å². The fourth-order valence-electron chi connectivity index (χ4n) is 2.32. The summed E-state index contributed by atoms with van der Waals surface area (Å²) in [6, 6.07) is 1.73. The number of hydrogen-bond donors (Lipinski definition) is 2. The van der Waals surface area contributed by atoms with Crippen LogP contribution in [0.25, 0.3) is 0 Å². The molecule has 1 aliphatic carbocycles. The van der Waals surface area contributed by atoms with Gasteiger partial charge in [-0.3, -0.25) is 0 Å². The van der Waals surface area contributed by atoms with Gasteiger partial charge in [0.05, 0.1) is 6.10 Å². The molecule has 0 bridgehead atoms. The molecule has 2 N–H and O–H groups in total. The lowest BCUT2D eigenvalue weighted by atomic mass is 9.87. The zero-order valence-corrected chi connectivity index (χ0v) is 10.7. The predicted molar refractivity (Wildman–Crippen MR) is 68.2 cm³/mol. The summed E-state index contributed by atoms with van der Waals surface area (Å²) in [5.41, 5.74) is 0. The van der Waals surface area contributed by atoms with E-state index >= 15 is 0 Å². The summed E-state index contributed by atoms with van der Waals surface area (Å²) in [7, 11) is 0. The van der Waals surface area contributed by atoms with E-state index in [0.717, 1.165) is 31.6 Å². The number of aromatic nitrogens is 2. The molecule has 4 nitrogen and oxygen atoms in total. The summed E-state index contributed by atoms with van der Waals surface area (Å²) in [6.45, 7) is 2.66. The number of aliphatic hydroxyl groups excluding tert-OH is 1. The third-order valence-corrected chi connectivity index (χ3v) is 3.33. The minimum atomic E-state index is -0.133. The molecule has 0 spiro atoms. The van der Waals surface area contributed by atoms with Gasteiger partial charge >= 0.3 is 0 Å². The van der Waals surface area contributed by atoms with Gasteiger partial charge in [0.25, 0.3) is 0 Å². The van der Waals surface area contributed by atoms with E-state index in [1.165, 1.54) is 6.42 Å². The SMILES string of the molecule is Cc1nc(Cl)cc(NCC2CCCC(O)C2)n1. The number of halogens is 1. The second kappa shape index (κ2) is 5.65. The Hall–Kier alpha value is -0.870. The molecule has 0 aliphatic heterocycles. The third-order valence-electron chi connectivity index (χ3n) is 3.13. The minimum Gasteiger partial charge on any atom is -0.393 e. The molecular weight excluding hydrogens is 238 g/mol. The topological polar surface area (TPSA) is 58.0 Å². The normalized spacial score (nSPS) is 24.6. The van der Waals surface area contributed by atoms with Crippen molar-refractivity contribution in [2.75, 3.05) is 11.9 Å². The van der Waals surface area contributed by atoms with E-state index in [4.69, 9.17) is 11.6 Å². The van der Waals surface area contributed by atoms with Crippen molar-refractivity contribution in [2.24, 2.45) is 5.92 Å². The van der Waals surface area contributed by atoms with Gasteiger partial charge in [0.15, 0.2) is 0 Å². The van der Waals surface area contributed by atoms with Crippen LogP contribution in [0.3, 0.4) is 0 Å². The molecule has 0 radical (unpaired) electrons. The summed E-state index contributed by atoms with van der Waals surface area (Å²) in [4.78, 5) is 8.28. The third kappa shape index (κ3) is 3.82. The van der Waals surface area contributed by atoms with Gasteiger partial charge in [-0.05, 0) is 32.1 Å². The Labute approximate surface area is 106 Å². The van der Waals surface area contributed by atoms with Crippen molar-refractivity contribution in [1.82, 2.24) is 9.97 Å². The monoisotopic (exact) mass is 255 g/mol. The van der Waals surface area contributed by atoms with Crippen LogP contribution in [-0.2, 0) is 0 Å². The van der Waals surface area contributed by atoms with E-state index in [9.17, 15) is 5.11 Å². The number of nitrogens with zero attached hydrogens (tertiary/aromatic N) is 2. The Morgan fingerprint density at radius 1 is 1.47 bits per heavy atom. The van der Waals surface area contributed by atoms with Crippen molar-refractivity contribution in [3.05, 3.63) is 17.0 Å². The number of rotatable bonds is 3. The first-order chi connectivity index (χ1) is 8.13. The standard InChI is InChI=1S/C12H18ClN3O/c1-8-15-11(13)6-12(16-8)14-7-9-3-2-4-10(17)5-9/h6,9-10,17H,2-5,7H2,1H3,(H,14,15,16). The number of aryl methyl sites for hydroxylation is 1. The molecule has 2 unspecified atom stereocenters. The van der Waals surface area contributed by atoms with Crippen LogP contribution in [0.4, 0.5) is 5.82 Å². The highest BCUT2D eigenvalue weighted by Gasteiger charge is 2.19. The average Bonchev–Trinajstić information content (AvgIpc) is 2.25. The van der Waals surface area contributed by atoms with Gasteiger partial charge in [-0.15, -0.1) is 0 Å². The molecule has 5 heteroatoms. The van der Waals surface area contributed by atoms with Gasteiger partial charge in [-0.2, -0.15) is 0 Å². The molecule has 1 heterocycles. The lowest BCUT2D eigenvalue weighted by Crippen LogP contribution is -2.25. The number of nitrogens with one attached hydrogen (secondary N) is 1. The first-order valence-electron chi connectivity index (χ1n) is 6.06. The molecule has 94 valence electrons. The van der Waals surface area contributed by atoms with E-state index in [1.807, 2.05) is 6.92 Å². The molecular formula is C12H18ClN3O. The molecule has 1 aromatic rings. The van der Waals surface area contributed by atoms with E-state index in [-0.39, 0.29) is 6.10 Å². The number of aliphatic hydroxyl groups is 1. The Morgan fingerprint density at radius 3 is 3.00 bits per heavy atom. The minimum absolute atomic E-state index is 0.133. The Balaban J connectivity index is 1.88.